The van der Waals surface area contributed by atoms with Crippen molar-refractivity contribution in [1.82, 2.24) is 24.5 Å². The molecule has 4 rings (SSSR count). The molecule has 0 unspecified atom stereocenters. The lowest BCUT2D eigenvalue weighted by Crippen LogP contribution is -2.44. The lowest BCUT2D eigenvalue weighted by molar-refractivity contribution is 0.189. The number of likely N-dealkylation sites (N-methyl/N-ethyl adjacent to an activating group) is 2. The van der Waals surface area contributed by atoms with Crippen LogP contribution in [0.3, 0.4) is 0 Å². The van der Waals surface area contributed by atoms with Crippen LogP contribution in [0, 0.1) is 0 Å². The minimum absolute atomic E-state index is 0.585. The van der Waals surface area contributed by atoms with E-state index < -0.39 is 0 Å². The van der Waals surface area contributed by atoms with Gasteiger partial charge in [-0.1, -0.05) is 6.42 Å². The fourth-order valence-corrected chi connectivity index (χ4v) is 3.62. The molecule has 0 radical (unpaired) electrons. The van der Waals surface area contributed by atoms with Gasteiger partial charge >= 0.3 is 0 Å². The molecule has 0 aromatic carbocycles. The number of hydrogen-bond donors (Lipinski definition) is 0. The second kappa shape index (κ2) is 6.80. The summed E-state index contributed by atoms with van der Waals surface area (Å²) < 4.78 is 1.92. The first kappa shape index (κ1) is 16.0. The Bertz CT molecular complexity index is 844. The second-order valence-electron chi connectivity index (χ2n) is 6.85. The molecule has 6 nitrogen and oxygen atoms in total. The van der Waals surface area contributed by atoms with Crippen LogP contribution in [0.15, 0.2) is 42.9 Å². The minimum Gasteiger partial charge on any atom is -0.358 e. The number of piperidine rings is 1. The highest BCUT2D eigenvalue weighted by atomic mass is 15.3. The van der Waals surface area contributed by atoms with E-state index in [1.807, 2.05) is 28.9 Å². The van der Waals surface area contributed by atoms with E-state index in [9.17, 15) is 0 Å². The zero-order valence-electron chi connectivity index (χ0n) is 14.8. The topological polar surface area (TPSA) is 49.6 Å². The van der Waals surface area contributed by atoms with Crippen LogP contribution in [0.2, 0.25) is 0 Å². The van der Waals surface area contributed by atoms with Gasteiger partial charge in [-0.15, -0.1) is 0 Å². The van der Waals surface area contributed by atoms with Gasteiger partial charge in [0.15, 0.2) is 5.65 Å². The average molecular weight is 336 g/mol. The zero-order chi connectivity index (χ0) is 17.2. The third-order valence-electron chi connectivity index (χ3n) is 5.11. The van der Waals surface area contributed by atoms with Crippen LogP contribution >= 0.6 is 0 Å². The first-order valence-corrected chi connectivity index (χ1v) is 8.89. The van der Waals surface area contributed by atoms with E-state index in [-0.39, 0.29) is 0 Å². The van der Waals surface area contributed by atoms with Gasteiger partial charge in [-0.2, -0.15) is 9.61 Å². The number of pyridine rings is 1. The lowest BCUT2D eigenvalue weighted by Gasteiger charge is -2.35. The molecule has 3 aromatic rings. The van der Waals surface area contributed by atoms with Crippen LogP contribution in [0.1, 0.15) is 19.3 Å². The van der Waals surface area contributed by atoms with E-state index in [4.69, 9.17) is 4.98 Å². The Balaban J connectivity index is 1.69. The molecule has 1 aliphatic rings. The van der Waals surface area contributed by atoms with Crippen molar-refractivity contribution in [3.05, 3.63) is 42.9 Å². The predicted molar refractivity (Wildman–Crippen MR) is 99.8 cm³/mol. The number of hydrogen-bond acceptors (Lipinski definition) is 5. The molecule has 6 heteroatoms. The minimum atomic E-state index is 0.585. The molecule has 3 aromatic heterocycles. The molecule has 1 aliphatic heterocycles. The number of anilines is 1. The molecule has 1 saturated heterocycles. The van der Waals surface area contributed by atoms with Crippen molar-refractivity contribution >= 4 is 11.5 Å². The fourth-order valence-electron chi connectivity index (χ4n) is 3.62. The van der Waals surface area contributed by atoms with Gasteiger partial charge in [-0.25, -0.2) is 4.98 Å². The van der Waals surface area contributed by atoms with Gasteiger partial charge in [0.1, 0.15) is 5.82 Å². The van der Waals surface area contributed by atoms with Crippen LogP contribution in [0.5, 0.6) is 0 Å². The Morgan fingerprint density at radius 1 is 1.16 bits per heavy atom. The van der Waals surface area contributed by atoms with Crippen LogP contribution < -0.4 is 4.90 Å². The molecule has 4 heterocycles. The standard InChI is InChI=1S/C19H24N6/c1-23-12-4-3-5-16(23)14-24(2)19-13-17(15-6-9-20-10-7-15)22-18-8-11-21-25(18)19/h6-11,13,16H,3-5,12,14H2,1-2H3/t16-/m0/s1. The van der Waals surface area contributed by atoms with E-state index in [2.05, 4.69) is 40.0 Å². The third-order valence-corrected chi connectivity index (χ3v) is 5.11. The van der Waals surface area contributed by atoms with Crippen molar-refractivity contribution in [3.63, 3.8) is 0 Å². The van der Waals surface area contributed by atoms with E-state index in [0.29, 0.717) is 6.04 Å². The molecule has 0 spiro atoms. The van der Waals surface area contributed by atoms with E-state index in [1.54, 1.807) is 12.4 Å². The Morgan fingerprint density at radius 2 is 2.00 bits per heavy atom. The van der Waals surface area contributed by atoms with Gasteiger partial charge in [-0.05, 0) is 38.6 Å². The fraction of sp³-hybridized carbons (Fsp3) is 0.421. The zero-order valence-corrected chi connectivity index (χ0v) is 14.8. The van der Waals surface area contributed by atoms with E-state index in [1.165, 1.54) is 25.8 Å². The monoisotopic (exact) mass is 336 g/mol. The highest BCUT2D eigenvalue weighted by Gasteiger charge is 2.22. The van der Waals surface area contributed by atoms with Crippen molar-refractivity contribution in [2.45, 2.75) is 25.3 Å². The summed E-state index contributed by atoms with van der Waals surface area (Å²) in [6.45, 7) is 2.18. The van der Waals surface area contributed by atoms with Crippen LogP contribution in [-0.2, 0) is 0 Å². The van der Waals surface area contributed by atoms with Crippen molar-refractivity contribution in [3.8, 4) is 11.3 Å². The van der Waals surface area contributed by atoms with Gasteiger partial charge in [0.2, 0.25) is 0 Å². The summed E-state index contributed by atoms with van der Waals surface area (Å²) >= 11 is 0. The Morgan fingerprint density at radius 3 is 2.80 bits per heavy atom. The molecule has 0 amide bonds. The number of nitrogens with zero attached hydrogens (tertiary/aromatic N) is 6. The maximum Gasteiger partial charge on any atom is 0.157 e. The van der Waals surface area contributed by atoms with E-state index in [0.717, 1.165) is 29.3 Å². The van der Waals surface area contributed by atoms with Crippen LogP contribution in [-0.4, -0.2) is 57.7 Å². The Hall–Kier alpha value is -2.47. The maximum atomic E-state index is 4.75. The number of fused-ring (bicyclic) bond motifs is 1. The highest BCUT2D eigenvalue weighted by molar-refractivity contribution is 5.66. The lowest BCUT2D eigenvalue weighted by atomic mass is 10.0. The summed E-state index contributed by atoms with van der Waals surface area (Å²) in [6.07, 6.45) is 9.30. The molecule has 1 atom stereocenters. The first-order chi connectivity index (χ1) is 12.2. The SMILES string of the molecule is CN(C[C@@H]1CCCCN1C)c1cc(-c2ccncc2)nc2ccnn12. The molecule has 0 N–H and O–H groups in total. The molecule has 25 heavy (non-hydrogen) atoms. The molecule has 0 saturated carbocycles. The summed E-state index contributed by atoms with van der Waals surface area (Å²) in [6, 6.07) is 8.65. The van der Waals surface area contributed by atoms with E-state index >= 15 is 0 Å². The van der Waals surface area contributed by atoms with Crippen molar-refractivity contribution in [2.24, 2.45) is 0 Å². The van der Waals surface area contributed by atoms with Gasteiger partial charge in [0.05, 0.1) is 11.9 Å². The van der Waals surface area contributed by atoms with Crippen molar-refractivity contribution in [2.75, 3.05) is 32.1 Å². The molecular formula is C19H24N6. The second-order valence-corrected chi connectivity index (χ2v) is 6.85. The van der Waals surface area contributed by atoms with Gasteiger partial charge in [0, 0.05) is 49.7 Å². The summed E-state index contributed by atoms with van der Waals surface area (Å²) in [5.41, 5.74) is 2.89. The number of rotatable bonds is 4. The Labute approximate surface area is 148 Å². The van der Waals surface area contributed by atoms with Gasteiger partial charge < -0.3 is 9.80 Å². The summed E-state index contributed by atoms with van der Waals surface area (Å²) in [5.74, 6) is 1.07. The Kier molecular flexibility index (Phi) is 4.36. The highest BCUT2D eigenvalue weighted by Crippen LogP contribution is 2.25. The third kappa shape index (κ3) is 3.22. The van der Waals surface area contributed by atoms with Crippen LogP contribution in [0.4, 0.5) is 5.82 Å². The van der Waals surface area contributed by atoms with Gasteiger partial charge in [-0.3, -0.25) is 4.98 Å². The number of likely N-dealkylation sites (tertiary alicyclic amines) is 1. The average Bonchev–Trinajstić information content (AvgIpc) is 3.12. The molecule has 0 bridgehead atoms. The summed E-state index contributed by atoms with van der Waals surface area (Å²) in [7, 11) is 4.38. The van der Waals surface area contributed by atoms with Crippen molar-refractivity contribution < 1.29 is 0 Å². The smallest absolute Gasteiger partial charge is 0.157 e. The largest absolute Gasteiger partial charge is 0.358 e. The number of aromatic nitrogens is 4. The molecular weight excluding hydrogens is 312 g/mol. The molecule has 1 fully saturated rings. The summed E-state index contributed by atoms with van der Waals surface area (Å²) in [5, 5.41) is 4.47. The normalized spacial score (nSPS) is 18.6. The molecule has 0 aliphatic carbocycles. The van der Waals surface area contributed by atoms with Gasteiger partial charge in [0.25, 0.3) is 0 Å². The quantitative estimate of drug-likeness (QED) is 0.733. The van der Waals surface area contributed by atoms with Crippen LogP contribution in [0.25, 0.3) is 16.9 Å². The van der Waals surface area contributed by atoms with Crippen molar-refractivity contribution in [1.29, 1.82) is 0 Å². The maximum absolute atomic E-state index is 4.75. The first-order valence-electron chi connectivity index (χ1n) is 8.89. The summed E-state index contributed by atoms with van der Waals surface area (Å²) in [4.78, 5) is 13.6. The predicted octanol–water partition coefficient (Wildman–Crippen LogP) is 2.71. The molecule has 130 valence electrons.